The average molecular weight is 414 g/mol. The van der Waals surface area contributed by atoms with Gasteiger partial charge in [-0.1, -0.05) is 49.2 Å². The number of nitrogens with zero attached hydrogens (tertiary/aromatic N) is 1. The van der Waals surface area contributed by atoms with Crippen LogP contribution in [0.2, 0.25) is 5.02 Å². The van der Waals surface area contributed by atoms with Crippen LogP contribution < -0.4 is 4.90 Å². The van der Waals surface area contributed by atoms with Gasteiger partial charge in [0.2, 0.25) is 5.91 Å². The van der Waals surface area contributed by atoms with Gasteiger partial charge >= 0.3 is 5.97 Å². The van der Waals surface area contributed by atoms with E-state index in [-0.39, 0.29) is 16.8 Å². The Labute approximate surface area is 170 Å². The molecule has 0 heterocycles. The first-order valence-electron chi connectivity index (χ1n) is 9.05. The molecule has 0 aliphatic carbocycles. The van der Waals surface area contributed by atoms with E-state index in [2.05, 4.69) is 6.92 Å². The first kappa shape index (κ1) is 23.5. The van der Waals surface area contributed by atoms with Crippen molar-refractivity contribution in [2.24, 2.45) is 0 Å². The molecule has 0 N–H and O–H groups in total. The number of anilines is 1. The molecule has 1 aromatic rings. The number of ether oxygens (including phenoxy) is 1. The molecule has 1 aromatic carbocycles. The van der Waals surface area contributed by atoms with Crippen LogP contribution in [0.1, 0.15) is 50.7 Å². The van der Waals surface area contributed by atoms with Crippen molar-refractivity contribution in [1.29, 1.82) is 0 Å². The van der Waals surface area contributed by atoms with E-state index in [1.807, 2.05) is 6.92 Å². The molecule has 0 radical (unpaired) electrons. The molecule has 0 spiro atoms. The lowest BCUT2D eigenvalue weighted by molar-refractivity contribution is -0.142. The summed E-state index contributed by atoms with van der Waals surface area (Å²) in [5.41, 5.74) is 2.12. The average Bonchev–Trinajstić information content (AvgIpc) is 2.65. The summed E-state index contributed by atoms with van der Waals surface area (Å²) >= 11 is 7.23. The summed E-state index contributed by atoms with van der Waals surface area (Å²) in [6.07, 6.45) is 3.31. The van der Waals surface area contributed by atoms with Gasteiger partial charge in [-0.15, -0.1) is 0 Å². The first-order chi connectivity index (χ1) is 12.7. The lowest BCUT2D eigenvalue weighted by atomic mass is 10.1. The van der Waals surface area contributed by atoms with Gasteiger partial charge < -0.3 is 4.74 Å². The Kier molecular flexibility index (Phi) is 9.88. The standard InChI is InChI=1S/C20H28ClNO4S/c1-6-7-8-9-18(24)27-12-17(23)22(15(4)20(25)26-5)19-13(2)10-11-16(21)14(19)3/h10-11,15H,6-9,12H2,1-5H3/t15-/m0/s1. The number of carbonyl (C=O) groups excluding carboxylic acids is 3. The number of thioether (sulfide) groups is 1. The van der Waals surface area contributed by atoms with Crippen LogP contribution in [-0.2, 0) is 19.1 Å². The molecule has 27 heavy (non-hydrogen) atoms. The molecule has 1 amide bonds. The van der Waals surface area contributed by atoms with Crippen molar-refractivity contribution in [2.45, 2.75) is 59.4 Å². The van der Waals surface area contributed by atoms with Crippen LogP contribution in [0, 0.1) is 13.8 Å². The molecular weight excluding hydrogens is 386 g/mol. The zero-order valence-electron chi connectivity index (χ0n) is 16.6. The Morgan fingerprint density at radius 1 is 1.22 bits per heavy atom. The molecule has 1 rings (SSSR count). The Hall–Kier alpha value is -1.53. The van der Waals surface area contributed by atoms with Gasteiger partial charge in [-0.25, -0.2) is 4.79 Å². The van der Waals surface area contributed by atoms with Crippen LogP contribution in [-0.4, -0.2) is 35.9 Å². The van der Waals surface area contributed by atoms with Crippen LogP contribution in [0.15, 0.2) is 12.1 Å². The van der Waals surface area contributed by atoms with Crippen LogP contribution in [0.3, 0.4) is 0 Å². The summed E-state index contributed by atoms with van der Waals surface area (Å²) in [5.74, 6) is -0.880. The van der Waals surface area contributed by atoms with Gasteiger partial charge in [0, 0.05) is 11.4 Å². The predicted molar refractivity (Wildman–Crippen MR) is 111 cm³/mol. The van der Waals surface area contributed by atoms with E-state index >= 15 is 0 Å². The fourth-order valence-corrected chi connectivity index (χ4v) is 3.66. The third-order valence-corrected chi connectivity index (χ3v) is 5.67. The van der Waals surface area contributed by atoms with Gasteiger partial charge in [0.25, 0.3) is 0 Å². The molecule has 0 fully saturated rings. The Bertz CT molecular complexity index is 693. The topological polar surface area (TPSA) is 63.7 Å². The molecular formula is C20H28ClNO4S. The van der Waals surface area contributed by atoms with Crippen molar-refractivity contribution in [3.05, 3.63) is 28.3 Å². The number of benzene rings is 1. The van der Waals surface area contributed by atoms with Crippen molar-refractivity contribution in [3.8, 4) is 0 Å². The van der Waals surface area contributed by atoms with Crippen LogP contribution >= 0.6 is 23.4 Å². The second-order valence-electron chi connectivity index (χ2n) is 6.42. The molecule has 0 aliphatic rings. The second-order valence-corrected chi connectivity index (χ2v) is 7.86. The molecule has 1 atom stereocenters. The summed E-state index contributed by atoms with van der Waals surface area (Å²) in [5, 5.41) is 0.496. The largest absolute Gasteiger partial charge is 0.467 e. The molecule has 0 saturated heterocycles. The van der Waals surface area contributed by atoms with Crippen molar-refractivity contribution >= 4 is 46.0 Å². The molecule has 0 bridgehead atoms. The first-order valence-corrected chi connectivity index (χ1v) is 10.4. The van der Waals surface area contributed by atoms with Crippen LogP contribution in [0.4, 0.5) is 5.69 Å². The maximum absolute atomic E-state index is 13.0. The SMILES string of the molecule is CCCCCC(=O)SCC(=O)N(c1c(C)ccc(Cl)c1C)[C@@H](C)C(=O)OC. The summed E-state index contributed by atoms with van der Waals surface area (Å²) in [6, 6.07) is 2.74. The highest BCUT2D eigenvalue weighted by Crippen LogP contribution is 2.32. The second kappa shape index (κ2) is 11.3. The fraction of sp³-hybridized carbons (Fsp3) is 0.550. The minimum atomic E-state index is -0.825. The van der Waals surface area contributed by atoms with Gasteiger partial charge in [-0.05, 0) is 44.4 Å². The number of methoxy groups -OCH3 is 1. The van der Waals surface area contributed by atoms with Gasteiger partial charge in [0.1, 0.15) is 6.04 Å². The number of amides is 1. The van der Waals surface area contributed by atoms with E-state index in [0.717, 1.165) is 36.6 Å². The van der Waals surface area contributed by atoms with Crippen molar-refractivity contribution in [1.82, 2.24) is 0 Å². The Balaban J connectivity index is 3.07. The van der Waals surface area contributed by atoms with Crippen molar-refractivity contribution < 1.29 is 19.1 Å². The molecule has 0 aromatic heterocycles. The molecule has 7 heteroatoms. The lowest BCUT2D eigenvalue weighted by Gasteiger charge is -2.30. The summed E-state index contributed by atoms with van der Waals surface area (Å²) < 4.78 is 4.83. The van der Waals surface area contributed by atoms with Crippen molar-refractivity contribution in [3.63, 3.8) is 0 Å². The minimum absolute atomic E-state index is 0.0120. The van der Waals surface area contributed by atoms with E-state index in [0.29, 0.717) is 22.7 Å². The Morgan fingerprint density at radius 2 is 1.89 bits per heavy atom. The molecule has 150 valence electrons. The van der Waals surface area contributed by atoms with Crippen molar-refractivity contribution in [2.75, 3.05) is 17.8 Å². The lowest BCUT2D eigenvalue weighted by Crippen LogP contribution is -2.45. The van der Waals surface area contributed by atoms with Gasteiger partial charge in [-0.2, -0.15) is 0 Å². The number of rotatable bonds is 9. The van der Waals surface area contributed by atoms with E-state index in [9.17, 15) is 14.4 Å². The maximum atomic E-state index is 13.0. The van der Waals surface area contributed by atoms with E-state index in [1.165, 1.54) is 12.0 Å². The number of esters is 1. The van der Waals surface area contributed by atoms with E-state index in [1.54, 1.807) is 26.0 Å². The zero-order valence-corrected chi connectivity index (χ0v) is 18.2. The van der Waals surface area contributed by atoms with E-state index < -0.39 is 12.0 Å². The summed E-state index contributed by atoms with van der Waals surface area (Å²) in [6.45, 7) is 7.34. The molecule has 0 aliphatic heterocycles. The summed E-state index contributed by atoms with van der Waals surface area (Å²) in [7, 11) is 1.28. The molecule has 0 saturated carbocycles. The number of hydrogen-bond acceptors (Lipinski definition) is 5. The predicted octanol–water partition coefficient (Wildman–Crippen LogP) is 4.69. The van der Waals surface area contributed by atoms with Gasteiger partial charge in [0.15, 0.2) is 5.12 Å². The minimum Gasteiger partial charge on any atom is -0.467 e. The van der Waals surface area contributed by atoms with Crippen LogP contribution in [0.25, 0.3) is 0 Å². The molecule has 0 unspecified atom stereocenters. The quantitative estimate of drug-likeness (QED) is 0.434. The number of unbranched alkanes of at least 4 members (excludes halogenated alkanes) is 2. The van der Waals surface area contributed by atoms with E-state index in [4.69, 9.17) is 16.3 Å². The fourth-order valence-electron chi connectivity index (χ4n) is 2.80. The Morgan fingerprint density at radius 3 is 2.48 bits per heavy atom. The monoisotopic (exact) mass is 413 g/mol. The highest BCUT2D eigenvalue weighted by atomic mass is 35.5. The molecule has 5 nitrogen and oxygen atoms in total. The smallest absolute Gasteiger partial charge is 0.328 e. The third-order valence-electron chi connectivity index (χ3n) is 4.35. The number of halogens is 1. The highest BCUT2D eigenvalue weighted by Gasteiger charge is 2.31. The summed E-state index contributed by atoms with van der Waals surface area (Å²) in [4.78, 5) is 38.5. The third kappa shape index (κ3) is 6.54. The van der Waals surface area contributed by atoms with Gasteiger partial charge in [0.05, 0.1) is 18.6 Å². The maximum Gasteiger partial charge on any atom is 0.328 e. The highest BCUT2D eigenvalue weighted by molar-refractivity contribution is 8.14. The number of aryl methyl sites for hydroxylation is 1. The van der Waals surface area contributed by atoms with Crippen LogP contribution in [0.5, 0.6) is 0 Å². The number of hydrogen-bond donors (Lipinski definition) is 0. The number of carbonyl (C=O) groups is 3. The van der Waals surface area contributed by atoms with Gasteiger partial charge in [-0.3, -0.25) is 14.5 Å². The zero-order chi connectivity index (χ0) is 20.6. The normalized spacial score (nSPS) is 11.8.